The summed E-state index contributed by atoms with van der Waals surface area (Å²) in [5, 5.41) is 7.43. The Hall–Kier alpha value is -3.07. The second kappa shape index (κ2) is 8.35. The van der Waals surface area contributed by atoms with E-state index in [1.165, 1.54) is 0 Å². The van der Waals surface area contributed by atoms with Gasteiger partial charge in [0.1, 0.15) is 5.75 Å². The van der Waals surface area contributed by atoms with Gasteiger partial charge >= 0.3 is 6.03 Å². The number of urea groups is 1. The Morgan fingerprint density at radius 2 is 1.93 bits per heavy atom. The van der Waals surface area contributed by atoms with Crippen LogP contribution in [0, 0.1) is 6.92 Å². The molecule has 3 amide bonds. The summed E-state index contributed by atoms with van der Waals surface area (Å²) < 4.78 is 12.5. The predicted molar refractivity (Wildman–Crippen MR) is 111 cm³/mol. The average molecular weight is 413 g/mol. The summed E-state index contributed by atoms with van der Waals surface area (Å²) in [6, 6.07) is 5.42. The van der Waals surface area contributed by atoms with Gasteiger partial charge in [-0.2, -0.15) is 5.10 Å². The third kappa shape index (κ3) is 3.85. The number of hydrogen-bond donors (Lipinski definition) is 1. The molecule has 0 radical (unpaired) electrons. The first kappa shape index (κ1) is 20.2. The Bertz CT molecular complexity index is 965. The van der Waals surface area contributed by atoms with Crippen molar-refractivity contribution in [3.63, 3.8) is 0 Å². The highest BCUT2D eigenvalue weighted by Gasteiger charge is 2.32. The molecule has 1 aromatic heterocycles. The van der Waals surface area contributed by atoms with Crippen molar-refractivity contribution in [1.29, 1.82) is 0 Å². The lowest BCUT2D eigenvalue weighted by molar-refractivity contribution is 0.0297. The van der Waals surface area contributed by atoms with Crippen LogP contribution < -0.4 is 10.1 Å². The number of aromatic nitrogens is 2. The molecule has 2 aliphatic rings. The van der Waals surface area contributed by atoms with Gasteiger partial charge < -0.3 is 24.6 Å². The normalized spacial score (nSPS) is 16.2. The quantitative estimate of drug-likeness (QED) is 0.829. The Morgan fingerprint density at radius 1 is 1.17 bits per heavy atom. The molecule has 9 nitrogen and oxygen atoms in total. The largest absolute Gasteiger partial charge is 0.495 e. The number of hydrogen-bond acceptors (Lipinski definition) is 5. The first-order valence-corrected chi connectivity index (χ1v) is 10.1. The van der Waals surface area contributed by atoms with Crippen molar-refractivity contribution < 1.29 is 19.1 Å². The molecule has 0 aliphatic carbocycles. The summed E-state index contributed by atoms with van der Waals surface area (Å²) in [5.41, 5.74) is 3.91. The van der Waals surface area contributed by atoms with Gasteiger partial charge in [-0.1, -0.05) is 6.07 Å². The van der Waals surface area contributed by atoms with Crippen molar-refractivity contribution in [2.75, 3.05) is 45.3 Å². The third-order valence-electron chi connectivity index (χ3n) is 5.63. The van der Waals surface area contributed by atoms with Gasteiger partial charge in [0.15, 0.2) is 5.69 Å². The van der Waals surface area contributed by atoms with E-state index in [1.807, 2.05) is 32.2 Å². The van der Waals surface area contributed by atoms with E-state index in [0.29, 0.717) is 62.9 Å². The molecule has 1 aromatic carbocycles. The smallest absolute Gasteiger partial charge is 0.322 e. The molecule has 1 fully saturated rings. The minimum Gasteiger partial charge on any atom is -0.495 e. The van der Waals surface area contributed by atoms with E-state index in [4.69, 9.17) is 9.47 Å². The van der Waals surface area contributed by atoms with Crippen LogP contribution in [0.1, 0.15) is 27.3 Å². The Labute approximate surface area is 175 Å². The highest BCUT2D eigenvalue weighted by molar-refractivity contribution is 5.95. The number of nitrogens with one attached hydrogen (secondary N) is 1. The van der Waals surface area contributed by atoms with Gasteiger partial charge in [-0.25, -0.2) is 4.79 Å². The number of benzene rings is 1. The molecule has 0 saturated carbocycles. The Balaban J connectivity index is 1.53. The summed E-state index contributed by atoms with van der Waals surface area (Å²) in [4.78, 5) is 29.5. The van der Waals surface area contributed by atoms with Gasteiger partial charge in [0.2, 0.25) is 0 Å². The Kier molecular flexibility index (Phi) is 5.63. The number of amides is 3. The summed E-state index contributed by atoms with van der Waals surface area (Å²) >= 11 is 0. The predicted octanol–water partition coefficient (Wildman–Crippen LogP) is 1.80. The molecule has 0 unspecified atom stereocenters. The summed E-state index contributed by atoms with van der Waals surface area (Å²) in [5.74, 6) is 0.508. The molecule has 2 aliphatic heterocycles. The highest BCUT2D eigenvalue weighted by Crippen LogP contribution is 2.28. The number of anilines is 1. The lowest BCUT2D eigenvalue weighted by atomic mass is 10.0. The van der Waals surface area contributed by atoms with Crippen molar-refractivity contribution >= 4 is 17.6 Å². The summed E-state index contributed by atoms with van der Waals surface area (Å²) in [6.45, 7) is 5.04. The van der Waals surface area contributed by atoms with E-state index in [9.17, 15) is 9.59 Å². The molecule has 0 bridgehead atoms. The number of ether oxygens (including phenoxy) is 2. The van der Waals surface area contributed by atoms with Gasteiger partial charge in [-0.15, -0.1) is 0 Å². The Morgan fingerprint density at radius 3 is 2.67 bits per heavy atom. The number of fused-ring (bicyclic) bond motifs is 1. The fraction of sp³-hybridized carbons (Fsp3) is 0.476. The highest BCUT2D eigenvalue weighted by atomic mass is 16.5. The molecule has 4 rings (SSSR count). The van der Waals surface area contributed by atoms with Crippen LogP contribution in [0.2, 0.25) is 0 Å². The number of carbonyl (C=O) groups is 2. The number of carbonyl (C=O) groups excluding carboxylic acids is 2. The minimum absolute atomic E-state index is 0.0993. The molecule has 3 heterocycles. The first-order chi connectivity index (χ1) is 14.5. The molecule has 0 spiro atoms. The van der Waals surface area contributed by atoms with Crippen molar-refractivity contribution in [2.45, 2.75) is 19.9 Å². The fourth-order valence-corrected chi connectivity index (χ4v) is 3.97. The van der Waals surface area contributed by atoms with E-state index >= 15 is 0 Å². The third-order valence-corrected chi connectivity index (χ3v) is 5.63. The van der Waals surface area contributed by atoms with Gasteiger partial charge in [-0.3, -0.25) is 9.48 Å². The van der Waals surface area contributed by atoms with Crippen molar-refractivity contribution in [2.24, 2.45) is 7.05 Å². The second-order valence-corrected chi connectivity index (χ2v) is 7.61. The van der Waals surface area contributed by atoms with Crippen molar-refractivity contribution in [3.05, 3.63) is 40.7 Å². The van der Waals surface area contributed by atoms with Crippen LogP contribution >= 0.6 is 0 Å². The summed E-state index contributed by atoms with van der Waals surface area (Å²) in [6.07, 6.45) is 0.646. The molecule has 0 atom stereocenters. The summed E-state index contributed by atoms with van der Waals surface area (Å²) in [7, 11) is 3.43. The fourth-order valence-electron chi connectivity index (χ4n) is 3.97. The zero-order valence-corrected chi connectivity index (χ0v) is 17.6. The maximum Gasteiger partial charge on any atom is 0.322 e. The number of nitrogens with zero attached hydrogens (tertiary/aromatic N) is 4. The zero-order chi connectivity index (χ0) is 21.3. The van der Waals surface area contributed by atoms with Gasteiger partial charge in [-0.05, 0) is 24.6 Å². The number of methoxy groups -OCH3 is 1. The van der Waals surface area contributed by atoms with Crippen LogP contribution in [0.4, 0.5) is 10.5 Å². The number of morpholine rings is 1. The number of rotatable bonds is 3. The van der Waals surface area contributed by atoms with Crippen molar-refractivity contribution in [1.82, 2.24) is 19.6 Å². The topological polar surface area (TPSA) is 88.9 Å². The standard InChI is InChI=1S/C21H27N5O4/c1-14-4-5-18(29-3)16(12-14)22-21(28)26-7-6-17-15(13-26)19(23-24(17)2)20(27)25-8-10-30-11-9-25/h4-5,12H,6-11,13H2,1-3H3,(H,22,28). The van der Waals surface area contributed by atoms with Crippen LogP contribution in [-0.2, 0) is 24.8 Å². The maximum absolute atomic E-state index is 13.0. The monoisotopic (exact) mass is 413 g/mol. The van der Waals surface area contributed by atoms with Gasteiger partial charge in [0.25, 0.3) is 5.91 Å². The van der Waals surface area contributed by atoms with E-state index in [2.05, 4.69) is 10.4 Å². The van der Waals surface area contributed by atoms with Gasteiger partial charge in [0, 0.05) is 44.4 Å². The van der Waals surface area contributed by atoms with Crippen LogP contribution in [0.3, 0.4) is 0 Å². The second-order valence-electron chi connectivity index (χ2n) is 7.61. The minimum atomic E-state index is -0.224. The van der Waals surface area contributed by atoms with Crippen LogP contribution in [0.15, 0.2) is 18.2 Å². The average Bonchev–Trinajstić information content (AvgIpc) is 3.10. The molecule has 2 aromatic rings. The van der Waals surface area contributed by atoms with Crippen LogP contribution in [0.5, 0.6) is 5.75 Å². The molecule has 1 saturated heterocycles. The lowest BCUT2D eigenvalue weighted by Crippen LogP contribution is -2.42. The zero-order valence-electron chi connectivity index (χ0n) is 17.6. The van der Waals surface area contributed by atoms with E-state index in [1.54, 1.807) is 21.6 Å². The molecule has 1 N–H and O–H groups in total. The van der Waals surface area contributed by atoms with Crippen molar-refractivity contribution in [3.8, 4) is 5.75 Å². The first-order valence-electron chi connectivity index (χ1n) is 10.1. The SMILES string of the molecule is COc1ccc(C)cc1NC(=O)N1CCc2c(c(C(=O)N3CCOCC3)nn2C)C1. The van der Waals surface area contributed by atoms with Crippen LogP contribution in [-0.4, -0.2) is 71.5 Å². The number of aryl methyl sites for hydroxylation is 2. The van der Waals surface area contributed by atoms with E-state index in [-0.39, 0.29) is 11.9 Å². The molecular weight excluding hydrogens is 386 g/mol. The molecular formula is C21H27N5O4. The molecule has 160 valence electrons. The molecule has 30 heavy (non-hydrogen) atoms. The van der Waals surface area contributed by atoms with E-state index in [0.717, 1.165) is 16.8 Å². The van der Waals surface area contributed by atoms with E-state index < -0.39 is 0 Å². The van der Waals surface area contributed by atoms with Crippen LogP contribution in [0.25, 0.3) is 0 Å². The maximum atomic E-state index is 13.0. The van der Waals surface area contributed by atoms with Gasteiger partial charge in [0.05, 0.1) is 32.6 Å². The molecule has 9 heteroatoms. The lowest BCUT2D eigenvalue weighted by Gasteiger charge is -2.29.